The minimum atomic E-state index is 0.0885. The fourth-order valence-corrected chi connectivity index (χ4v) is 6.53. The van der Waals surface area contributed by atoms with E-state index in [1.165, 1.54) is 32.1 Å². The Bertz CT molecular complexity index is 617. The van der Waals surface area contributed by atoms with Crippen LogP contribution in [-0.2, 0) is 14.4 Å². The highest BCUT2D eigenvalue weighted by atomic mass is 16.2. The van der Waals surface area contributed by atoms with Gasteiger partial charge in [0, 0.05) is 50.4 Å². The molecule has 0 N–H and O–H groups in total. The van der Waals surface area contributed by atoms with Gasteiger partial charge in [-0.15, -0.1) is 0 Å². The lowest BCUT2D eigenvalue weighted by Gasteiger charge is -2.44. The Balaban J connectivity index is 1.21. The average molecular weight is 403 g/mol. The van der Waals surface area contributed by atoms with Crippen molar-refractivity contribution in [2.24, 2.45) is 11.8 Å². The third kappa shape index (κ3) is 4.69. The summed E-state index contributed by atoms with van der Waals surface area (Å²) in [6.07, 6.45) is 14.9. The molecule has 0 radical (unpaired) electrons. The standard InChI is InChI=1S/C24H38N2O3/c27-22-15-17-26(21-12-4-2-10-19(21)22)24(29)14-6-5-13-23(28)25-16-7-9-18-8-1-3-11-20(18)25/h18-21H,1-17H2. The number of hydrogen-bond donors (Lipinski definition) is 0. The topological polar surface area (TPSA) is 57.7 Å². The Morgan fingerprint density at radius 3 is 2.07 bits per heavy atom. The Morgan fingerprint density at radius 2 is 1.31 bits per heavy atom. The van der Waals surface area contributed by atoms with Gasteiger partial charge in [0.1, 0.15) is 5.78 Å². The lowest BCUT2D eigenvalue weighted by molar-refractivity contribution is -0.144. The number of nitrogens with zero attached hydrogens (tertiary/aromatic N) is 2. The normalized spacial score (nSPS) is 32.5. The Kier molecular flexibility index (Phi) is 6.92. The zero-order chi connectivity index (χ0) is 20.2. The van der Waals surface area contributed by atoms with Crippen molar-refractivity contribution < 1.29 is 14.4 Å². The van der Waals surface area contributed by atoms with Crippen molar-refractivity contribution in [1.29, 1.82) is 0 Å². The summed E-state index contributed by atoms with van der Waals surface area (Å²) in [5, 5.41) is 0. The second-order valence-corrected chi connectivity index (χ2v) is 9.81. The van der Waals surface area contributed by atoms with Gasteiger partial charge in [0.2, 0.25) is 11.8 Å². The fraction of sp³-hybridized carbons (Fsp3) is 0.875. The van der Waals surface area contributed by atoms with Crippen LogP contribution in [0, 0.1) is 11.8 Å². The zero-order valence-corrected chi connectivity index (χ0v) is 17.9. The lowest BCUT2D eigenvalue weighted by atomic mass is 9.77. The van der Waals surface area contributed by atoms with Gasteiger partial charge in [-0.1, -0.05) is 25.7 Å². The van der Waals surface area contributed by atoms with E-state index in [2.05, 4.69) is 4.90 Å². The number of unbranched alkanes of at least 4 members (excludes halogenated alkanes) is 1. The molecule has 5 nitrogen and oxygen atoms in total. The number of likely N-dealkylation sites (tertiary alicyclic amines) is 2. The first-order valence-electron chi connectivity index (χ1n) is 12.3. The predicted molar refractivity (Wildman–Crippen MR) is 112 cm³/mol. The van der Waals surface area contributed by atoms with Crippen molar-refractivity contribution in [2.75, 3.05) is 13.1 Å². The molecule has 4 unspecified atom stereocenters. The molecular formula is C24H38N2O3. The van der Waals surface area contributed by atoms with Crippen molar-refractivity contribution >= 4 is 17.6 Å². The monoisotopic (exact) mass is 402 g/mol. The van der Waals surface area contributed by atoms with E-state index in [0.29, 0.717) is 43.5 Å². The summed E-state index contributed by atoms with van der Waals surface area (Å²) in [6, 6.07) is 0.636. The molecule has 2 aliphatic carbocycles. The van der Waals surface area contributed by atoms with Crippen LogP contribution in [0.5, 0.6) is 0 Å². The maximum absolute atomic E-state index is 12.8. The first kappa shape index (κ1) is 20.9. The molecule has 4 fully saturated rings. The van der Waals surface area contributed by atoms with E-state index in [-0.39, 0.29) is 17.9 Å². The number of rotatable bonds is 5. The largest absolute Gasteiger partial charge is 0.339 e. The maximum Gasteiger partial charge on any atom is 0.222 e. The van der Waals surface area contributed by atoms with Gasteiger partial charge in [0.15, 0.2) is 0 Å². The molecule has 0 bridgehead atoms. The van der Waals surface area contributed by atoms with Gasteiger partial charge in [-0.05, 0) is 57.3 Å². The van der Waals surface area contributed by atoms with Gasteiger partial charge in [-0.25, -0.2) is 0 Å². The van der Waals surface area contributed by atoms with Crippen LogP contribution < -0.4 is 0 Å². The summed E-state index contributed by atoms with van der Waals surface area (Å²) in [5.74, 6) is 1.70. The number of amides is 2. The van der Waals surface area contributed by atoms with Crippen molar-refractivity contribution in [3.05, 3.63) is 0 Å². The van der Waals surface area contributed by atoms with E-state index >= 15 is 0 Å². The van der Waals surface area contributed by atoms with Crippen LogP contribution in [0.4, 0.5) is 0 Å². The summed E-state index contributed by atoms with van der Waals surface area (Å²) >= 11 is 0. The Hall–Kier alpha value is -1.39. The molecule has 2 heterocycles. The molecule has 2 saturated carbocycles. The van der Waals surface area contributed by atoms with Crippen LogP contribution >= 0.6 is 0 Å². The van der Waals surface area contributed by atoms with E-state index < -0.39 is 0 Å². The SMILES string of the molecule is O=C1CCN(C(=O)CCCCC(=O)N2CCCC3CCCCC32)C2CCCCC12. The molecule has 2 saturated heterocycles. The number of piperidine rings is 2. The number of ketones is 1. The maximum atomic E-state index is 12.8. The first-order chi connectivity index (χ1) is 14.1. The van der Waals surface area contributed by atoms with Crippen LogP contribution in [0.3, 0.4) is 0 Å². The van der Waals surface area contributed by atoms with Gasteiger partial charge >= 0.3 is 0 Å². The Morgan fingerprint density at radius 1 is 0.724 bits per heavy atom. The second-order valence-electron chi connectivity index (χ2n) is 9.81. The average Bonchev–Trinajstić information content (AvgIpc) is 2.76. The second kappa shape index (κ2) is 9.61. The van der Waals surface area contributed by atoms with Crippen molar-refractivity contribution in [2.45, 2.75) is 108 Å². The molecule has 2 aliphatic heterocycles. The molecule has 4 rings (SSSR count). The first-order valence-corrected chi connectivity index (χ1v) is 12.3. The molecule has 2 amide bonds. The molecule has 0 spiro atoms. The summed E-state index contributed by atoms with van der Waals surface area (Å²) < 4.78 is 0. The van der Waals surface area contributed by atoms with Crippen LogP contribution in [0.15, 0.2) is 0 Å². The minimum absolute atomic E-state index is 0.0885. The minimum Gasteiger partial charge on any atom is -0.339 e. The number of carbonyl (C=O) groups excluding carboxylic acids is 3. The third-order valence-corrected chi connectivity index (χ3v) is 8.06. The summed E-state index contributed by atoms with van der Waals surface area (Å²) in [5.41, 5.74) is 0. The van der Waals surface area contributed by atoms with E-state index in [1.807, 2.05) is 4.90 Å². The smallest absolute Gasteiger partial charge is 0.222 e. The van der Waals surface area contributed by atoms with Gasteiger partial charge in [0.05, 0.1) is 0 Å². The van der Waals surface area contributed by atoms with Crippen LogP contribution in [0.2, 0.25) is 0 Å². The predicted octanol–water partition coefficient (Wildman–Crippen LogP) is 4.09. The molecule has 29 heavy (non-hydrogen) atoms. The van der Waals surface area contributed by atoms with Crippen LogP contribution in [0.25, 0.3) is 0 Å². The summed E-state index contributed by atoms with van der Waals surface area (Å²) in [7, 11) is 0. The van der Waals surface area contributed by atoms with E-state index in [4.69, 9.17) is 0 Å². The molecule has 0 aromatic rings. The van der Waals surface area contributed by atoms with Crippen LogP contribution in [-0.4, -0.2) is 52.6 Å². The van der Waals surface area contributed by atoms with E-state index in [0.717, 1.165) is 57.4 Å². The highest BCUT2D eigenvalue weighted by Crippen LogP contribution is 2.36. The molecule has 162 valence electrons. The van der Waals surface area contributed by atoms with Gasteiger partial charge in [0.25, 0.3) is 0 Å². The summed E-state index contributed by atoms with van der Waals surface area (Å²) in [6.45, 7) is 1.54. The summed E-state index contributed by atoms with van der Waals surface area (Å²) in [4.78, 5) is 42.0. The molecule has 0 aromatic heterocycles. The molecular weight excluding hydrogens is 364 g/mol. The van der Waals surface area contributed by atoms with E-state index in [1.54, 1.807) is 0 Å². The fourth-order valence-electron chi connectivity index (χ4n) is 6.53. The van der Waals surface area contributed by atoms with Crippen molar-refractivity contribution in [1.82, 2.24) is 9.80 Å². The van der Waals surface area contributed by atoms with Crippen molar-refractivity contribution in [3.8, 4) is 0 Å². The van der Waals surface area contributed by atoms with Crippen LogP contribution in [0.1, 0.15) is 96.3 Å². The molecule has 4 atom stereocenters. The number of hydrogen-bond acceptors (Lipinski definition) is 3. The van der Waals surface area contributed by atoms with E-state index in [9.17, 15) is 14.4 Å². The Labute approximate surface area is 175 Å². The molecule has 4 aliphatic rings. The van der Waals surface area contributed by atoms with Gasteiger partial charge in [-0.2, -0.15) is 0 Å². The number of Topliss-reactive ketones (excluding diaryl/α,β-unsaturated/α-hetero) is 1. The highest BCUT2D eigenvalue weighted by Gasteiger charge is 2.40. The number of carbonyl (C=O) groups is 3. The molecule has 5 heteroatoms. The zero-order valence-electron chi connectivity index (χ0n) is 17.9. The third-order valence-electron chi connectivity index (χ3n) is 8.06. The van der Waals surface area contributed by atoms with Gasteiger partial charge < -0.3 is 9.80 Å². The highest BCUT2D eigenvalue weighted by molar-refractivity contribution is 5.86. The number of fused-ring (bicyclic) bond motifs is 2. The lowest BCUT2D eigenvalue weighted by Crippen LogP contribution is -2.53. The quantitative estimate of drug-likeness (QED) is 0.651. The molecule has 0 aromatic carbocycles. The van der Waals surface area contributed by atoms with Crippen molar-refractivity contribution in [3.63, 3.8) is 0 Å². The van der Waals surface area contributed by atoms with Gasteiger partial charge in [-0.3, -0.25) is 14.4 Å².